The first-order chi connectivity index (χ1) is 11.6. The van der Waals surface area contributed by atoms with Gasteiger partial charge in [0.05, 0.1) is 13.1 Å². The molecule has 0 heterocycles. The van der Waals surface area contributed by atoms with Gasteiger partial charge in [0.15, 0.2) is 12.6 Å². The van der Waals surface area contributed by atoms with Crippen molar-refractivity contribution in [3.63, 3.8) is 0 Å². The molecule has 0 saturated carbocycles. The topological polar surface area (TPSA) is 43.4 Å². The first-order valence-electron chi connectivity index (χ1n) is 7.18. The summed E-state index contributed by atoms with van der Waals surface area (Å²) in [5.41, 5.74) is 0. The summed E-state index contributed by atoms with van der Waals surface area (Å²) in [6.45, 7) is 1.13. The first-order valence-corrected chi connectivity index (χ1v) is 14.5. The Labute approximate surface area is 185 Å². The average Bonchev–Trinajstić information content (AvgIpc) is 2.57. The van der Waals surface area contributed by atoms with Crippen LogP contribution in [0.3, 0.4) is 0 Å². The second-order valence-corrected chi connectivity index (χ2v) is 9.51. The molecule has 0 aliphatic rings. The van der Waals surface area contributed by atoms with Crippen molar-refractivity contribution >= 4 is 79.5 Å². The van der Waals surface area contributed by atoms with Crippen molar-refractivity contribution in [2.75, 3.05) is 55.6 Å². The Morgan fingerprint density at radius 3 is 1.12 bits per heavy atom. The Morgan fingerprint density at radius 2 is 1.00 bits per heavy atom. The van der Waals surface area contributed by atoms with E-state index in [1.54, 1.807) is 52.3 Å². The van der Waals surface area contributed by atoms with Gasteiger partial charge in [0.25, 0.3) is 0 Å². The molecule has 0 rings (SSSR count). The molecule has 0 unspecified atom stereocenters. The maximum absolute atomic E-state index is 4.95. The Morgan fingerprint density at radius 1 is 0.800 bits per heavy atom. The molecule has 6 nitrogen and oxygen atoms in total. The summed E-state index contributed by atoms with van der Waals surface area (Å²) >= 11 is 19.3. The second kappa shape index (κ2) is 21.2. The van der Waals surface area contributed by atoms with Crippen LogP contribution in [-0.4, -0.2) is 108 Å². The molecule has 0 amide bonds. The molecule has 0 atom stereocenters. The minimum absolute atomic E-state index is 0.230. The van der Waals surface area contributed by atoms with Crippen LogP contribution in [0.1, 0.15) is 0 Å². The van der Waals surface area contributed by atoms with Crippen LogP contribution in [0.4, 0.5) is 0 Å². The fraction of sp³-hybridized carbons (Fsp3) is 0.857. The van der Waals surface area contributed by atoms with E-state index >= 15 is 0 Å². The third kappa shape index (κ3) is 21.0. The van der Waals surface area contributed by atoms with Crippen molar-refractivity contribution in [2.24, 2.45) is 0 Å². The number of ether oxygens (including phenoxy) is 4. The van der Waals surface area contributed by atoms with Crippen LogP contribution >= 0.6 is 24.4 Å². The number of likely N-dealkylation sites (N-methyl/N-ethyl adjacent to an activating group) is 2. The van der Waals surface area contributed by atoms with E-state index in [4.69, 9.17) is 68.6 Å². The summed E-state index contributed by atoms with van der Waals surface area (Å²) in [7, 11) is 9.92. The van der Waals surface area contributed by atoms with Gasteiger partial charge >= 0.3 is 31.0 Å². The Balaban J connectivity index is -0.000000334. The third-order valence-electron chi connectivity index (χ3n) is 2.52. The first kappa shape index (κ1) is 30.6. The van der Waals surface area contributed by atoms with Crippen molar-refractivity contribution < 1.29 is 18.9 Å². The Bertz CT molecular complexity index is 306. The SMILES string of the molecule is COC(CN(C)C(=S)[S-])OC.COC(CN(C)C(=S)[S-])OC.[CH3][Sn+2][CH3]. The summed E-state index contributed by atoms with van der Waals surface area (Å²) in [5, 5.41) is 0. The van der Waals surface area contributed by atoms with Gasteiger partial charge in [-0.1, -0.05) is 8.64 Å². The number of hydrogen-bond acceptors (Lipinski definition) is 8. The molecular formula is C14H30N2O4S4Sn. The van der Waals surface area contributed by atoms with Gasteiger partial charge in [-0.2, -0.15) is 0 Å². The molecule has 0 aromatic rings. The standard InChI is InChI=1S/2C6H13NO2S2.2CH3.Sn/c2*1-7(6(10)11)4-5(8-2)9-3;;;/h2*5H,4H2,1-3H3,(H,10,11);2*1H3;/q;;;;+2/p-2. The van der Waals surface area contributed by atoms with Crippen molar-refractivity contribution in [1.82, 2.24) is 9.80 Å². The normalized spacial score (nSPS) is 9.36. The maximum atomic E-state index is 4.95. The van der Waals surface area contributed by atoms with Crippen LogP contribution in [0.25, 0.3) is 0 Å². The van der Waals surface area contributed by atoms with Crippen LogP contribution in [0.5, 0.6) is 0 Å². The fourth-order valence-electron chi connectivity index (χ4n) is 1.09. The van der Waals surface area contributed by atoms with Gasteiger partial charge in [0.1, 0.15) is 0 Å². The molecule has 0 aromatic heterocycles. The molecule has 0 aliphatic heterocycles. The van der Waals surface area contributed by atoms with Gasteiger partial charge in [0.2, 0.25) is 0 Å². The number of methoxy groups -OCH3 is 4. The molecule has 0 saturated heterocycles. The van der Waals surface area contributed by atoms with Crippen molar-refractivity contribution in [2.45, 2.75) is 22.5 Å². The van der Waals surface area contributed by atoms with Gasteiger partial charge in [-0.25, -0.2) is 0 Å². The number of hydrogen-bond donors (Lipinski definition) is 0. The number of nitrogens with zero attached hydrogens (tertiary/aromatic N) is 2. The molecule has 0 radical (unpaired) electrons. The Hall–Kier alpha value is 0.859. The van der Waals surface area contributed by atoms with Gasteiger partial charge in [0, 0.05) is 42.5 Å². The van der Waals surface area contributed by atoms with Crippen molar-refractivity contribution in [3.8, 4) is 0 Å². The van der Waals surface area contributed by atoms with Gasteiger partial charge in [-0.15, -0.1) is 0 Å². The summed E-state index contributed by atoms with van der Waals surface area (Å²) in [6.07, 6.45) is -0.526. The molecule has 0 fully saturated rings. The predicted molar refractivity (Wildman–Crippen MR) is 118 cm³/mol. The zero-order chi connectivity index (χ0) is 20.4. The molecule has 11 heteroatoms. The summed E-state index contributed by atoms with van der Waals surface area (Å²) in [4.78, 5) is 8.04. The number of rotatable bonds is 8. The molecule has 0 spiro atoms. The van der Waals surface area contributed by atoms with Gasteiger partial charge in [-0.3, -0.25) is 0 Å². The average molecular weight is 537 g/mol. The van der Waals surface area contributed by atoms with E-state index in [0.29, 0.717) is 21.7 Å². The zero-order valence-corrected chi connectivity index (χ0v) is 22.3. The van der Waals surface area contributed by atoms with Crippen LogP contribution in [0.2, 0.25) is 9.88 Å². The van der Waals surface area contributed by atoms with E-state index in [9.17, 15) is 0 Å². The van der Waals surface area contributed by atoms with Crippen molar-refractivity contribution in [3.05, 3.63) is 0 Å². The van der Waals surface area contributed by atoms with Crippen molar-refractivity contribution in [1.29, 1.82) is 0 Å². The molecule has 0 aromatic carbocycles. The third-order valence-corrected chi connectivity index (χ3v) is 3.77. The van der Waals surface area contributed by atoms with E-state index in [1.807, 2.05) is 0 Å². The summed E-state index contributed by atoms with van der Waals surface area (Å²) < 4.78 is 20.6. The quantitative estimate of drug-likeness (QED) is 0.197. The molecule has 25 heavy (non-hydrogen) atoms. The Kier molecular flexibility index (Phi) is 25.9. The van der Waals surface area contributed by atoms with E-state index in [1.165, 1.54) is 0 Å². The molecule has 148 valence electrons. The zero-order valence-electron chi connectivity index (χ0n) is 16.2. The predicted octanol–water partition coefficient (Wildman–Crippen LogP) is 1.52. The molecule has 0 bridgehead atoms. The van der Waals surface area contributed by atoms with Crippen LogP contribution in [0, 0.1) is 0 Å². The second-order valence-electron chi connectivity index (χ2n) is 4.59. The van der Waals surface area contributed by atoms with E-state index in [-0.39, 0.29) is 33.7 Å². The molecule has 0 N–H and O–H groups in total. The van der Waals surface area contributed by atoms with Crippen LogP contribution in [-0.2, 0) is 44.2 Å². The van der Waals surface area contributed by atoms with Crippen LogP contribution in [0.15, 0.2) is 0 Å². The fourth-order valence-corrected chi connectivity index (χ4v) is 1.39. The van der Waals surface area contributed by atoms with E-state index in [0.717, 1.165) is 0 Å². The minimum atomic E-state index is -0.263. The van der Waals surface area contributed by atoms with Gasteiger partial charge < -0.3 is 78.4 Å². The monoisotopic (exact) mass is 538 g/mol. The molecular weight excluding hydrogens is 507 g/mol. The van der Waals surface area contributed by atoms with Gasteiger partial charge in [-0.05, 0) is 0 Å². The summed E-state index contributed by atoms with van der Waals surface area (Å²) in [5.74, 6) is 0. The van der Waals surface area contributed by atoms with Crippen LogP contribution < -0.4 is 0 Å². The summed E-state index contributed by atoms with van der Waals surface area (Å²) in [6, 6.07) is 0. The van der Waals surface area contributed by atoms with E-state index in [2.05, 4.69) is 9.88 Å². The molecule has 0 aliphatic carbocycles. The van der Waals surface area contributed by atoms with E-state index < -0.39 is 0 Å². The number of thiocarbonyl (C=S) groups is 2.